The van der Waals surface area contributed by atoms with Gasteiger partial charge >= 0.3 is 0 Å². The Kier molecular flexibility index (Phi) is 3.99. The monoisotopic (exact) mass is 199 g/mol. The summed E-state index contributed by atoms with van der Waals surface area (Å²) < 4.78 is 2.85. The minimum atomic E-state index is -0.966. The molecule has 1 rings (SSSR count). The molecule has 1 atom stereocenters. The molecule has 0 aromatic carbocycles. The van der Waals surface area contributed by atoms with Crippen LogP contribution in [0, 0.1) is 0 Å². The van der Waals surface area contributed by atoms with Crippen LogP contribution in [0.5, 0.6) is 0 Å². The summed E-state index contributed by atoms with van der Waals surface area (Å²) in [6.45, 7) is 10.9. The Morgan fingerprint density at radius 3 is 2.15 bits per heavy atom. The van der Waals surface area contributed by atoms with E-state index in [1.54, 1.807) is 12.1 Å². The Morgan fingerprint density at radius 2 is 1.77 bits per heavy atom. The first-order valence-corrected chi connectivity index (χ1v) is 8.77. The largest absolute Gasteiger partial charge is 0.321 e. The van der Waals surface area contributed by atoms with Gasteiger partial charge in [0.25, 0.3) is 0 Å². The average molecular weight is 199 g/mol. The van der Waals surface area contributed by atoms with Gasteiger partial charge in [-0.25, -0.2) is 0 Å². The lowest BCUT2D eigenvalue weighted by Crippen LogP contribution is -2.52. The van der Waals surface area contributed by atoms with E-state index in [4.69, 9.17) is 0 Å². The predicted octanol–water partition coefficient (Wildman–Crippen LogP) is 3.48. The van der Waals surface area contributed by atoms with Crippen LogP contribution in [0.2, 0.25) is 18.6 Å². The van der Waals surface area contributed by atoms with Crippen molar-refractivity contribution in [3.63, 3.8) is 0 Å². The minimum Gasteiger partial charge on any atom is -0.321 e. The second-order valence-corrected chi connectivity index (χ2v) is 9.32. The topological polar surface area (TPSA) is 3.24 Å². The first-order chi connectivity index (χ1) is 6.14. The lowest BCUT2D eigenvalue weighted by molar-refractivity contribution is 0.337. The molecular formula is C11H25NSi. The number of nitrogens with zero attached hydrogens (tertiary/aromatic N) is 1. The van der Waals surface area contributed by atoms with E-state index in [1.807, 2.05) is 0 Å². The van der Waals surface area contributed by atoms with Gasteiger partial charge in [-0.2, -0.15) is 0 Å². The van der Waals surface area contributed by atoms with E-state index in [0.29, 0.717) is 0 Å². The molecular weight excluding hydrogens is 174 g/mol. The Bertz CT molecular complexity index is 152. The highest BCUT2D eigenvalue weighted by Crippen LogP contribution is 2.34. The van der Waals surface area contributed by atoms with E-state index in [-0.39, 0.29) is 0 Å². The lowest BCUT2D eigenvalue weighted by Gasteiger charge is -2.40. The van der Waals surface area contributed by atoms with Crippen molar-refractivity contribution in [2.45, 2.75) is 64.7 Å². The molecule has 1 saturated heterocycles. The molecule has 0 bridgehead atoms. The molecule has 1 unspecified atom stereocenters. The molecule has 78 valence electrons. The van der Waals surface area contributed by atoms with E-state index in [1.165, 1.54) is 25.8 Å². The van der Waals surface area contributed by atoms with Gasteiger partial charge < -0.3 is 4.57 Å². The molecule has 1 aliphatic heterocycles. The van der Waals surface area contributed by atoms with Crippen LogP contribution in [0.1, 0.15) is 40.0 Å². The maximum absolute atomic E-state index is 2.85. The Labute approximate surface area is 84.6 Å². The molecule has 0 saturated carbocycles. The van der Waals surface area contributed by atoms with Crippen molar-refractivity contribution in [1.29, 1.82) is 0 Å². The maximum atomic E-state index is 2.85. The summed E-state index contributed by atoms with van der Waals surface area (Å²) in [5, 5.41) is 0. The molecule has 2 heteroatoms. The van der Waals surface area contributed by atoms with E-state index >= 15 is 0 Å². The molecule has 0 aliphatic carbocycles. The fraction of sp³-hybridized carbons (Fsp3) is 1.00. The average Bonchev–Trinajstić information content (AvgIpc) is 2.53. The van der Waals surface area contributed by atoms with Crippen LogP contribution in [0.15, 0.2) is 0 Å². The SMILES string of the molecule is CCC(C)N(CC)[Si]1(C)CCCC1. The predicted molar refractivity (Wildman–Crippen MR) is 62.6 cm³/mol. The summed E-state index contributed by atoms with van der Waals surface area (Å²) in [6, 6.07) is 3.91. The lowest BCUT2D eigenvalue weighted by atomic mass is 10.3. The van der Waals surface area contributed by atoms with Crippen LogP contribution in [0.25, 0.3) is 0 Å². The van der Waals surface area contributed by atoms with Crippen LogP contribution >= 0.6 is 0 Å². The van der Waals surface area contributed by atoms with Crippen molar-refractivity contribution in [3.05, 3.63) is 0 Å². The maximum Gasteiger partial charge on any atom is 0.125 e. The van der Waals surface area contributed by atoms with Gasteiger partial charge in [-0.05, 0) is 25.1 Å². The summed E-state index contributed by atoms with van der Waals surface area (Å²) in [5.74, 6) is 0. The molecule has 0 N–H and O–H groups in total. The molecule has 1 fully saturated rings. The van der Waals surface area contributed by atoms with Crippen LogP contribution in [-0.2, 0) is 0 Å². The van der Waals surface area contributed by atoms with Gasteiger partial charge in [-0.15, -0.1) is 0 Å². The molecule has 0 amide bonds. The number of hydrogen-bond acceptors (Lipinski definition) is 1. The standard InChI is InChI=1S/C11H25NSi/c1-5-11(3)12(6-2)13(4)9-7-8-10-13/h11H,5-10H2,1-4H3. The minimum absolute atomic E-state index is 0.819. The fourth-order valence-electron chi connectivity index (χ4n) is 2.87. The van der Waals surface area contributed by atoms with Crippen molar-refractivity contribution in [1.82, 2.24) is 4.57 Å². The highest BCUT2D eigenvalue weighted by Gasteiger charge is 2.38. The quantitative estimate of drug-likeness (QED) is 0.627. The van der Waals surface area contributed by atoms with E-state index < -0.39 is 8.24 Å². The molecule has 1 nitrogen and oxygen atoms in total. The Hall–Kier alpha value is 0.177. The third-order valence-electron chi connectivity index (χ3n) is 3.84. The number of rotatable bonds is 4. The molecule has 0 spiro atoms. The molecule has 0 aromatic rings. The summed E-state index contributed by atoms with van der Waals surface area (Å²) in [5.41, 5.74) is 0. The van der Waals surface area contributed by atoms with Crippen molar-refractivity contribution < 1.29 is 0 Å². The van der Waals surface area contributed by atoms with Gasteiger partial charge in [0.1, 0.15) is 8.24 Å². The zero-order chi connectivity index (χ0) is 9.90. The van der Waals surface area contributed by atoms with Gasteiger partial charge in [0, 0.05) is 6.04 Å². The van der Waals surface area contributed by atoms with Gasteiger partial charge in [-0.3, -0.25) is 0 Å². The third kappa shape index (κ3) is 2.35. The highest BCUT2D eigenvalue weighted by molar-refractivity contribution is 6.76. The highest BCUT2D eigenvalue weighted by atomic mass is 28.3. The van der Waals surface area contributed by atoms with Crippen LogP contribution < -0.4 is 0 Å². The molecule has 0 aromatic heterocycles. The van der Waals surface area contributed by atoms with Crippen molar-refractivity contribution in [2.24, 2.45) is 0 Å². The Balaban J connectivity index is 2.63. The summed E-state index contributed by atoms with van der Waals surface area (Å²) in [7, 11) is -0.966. The summed E-state index contributed by atoms with van der Waals surface area (Å²) >= 11 is 0. The molecule has 13 heavy (non-hydrogen) atoms. The first kappa shape index (κ1) is 11.3. The van der Waals surface area contributed by atoms with Crippen LogP contribution in [0.3, 0.4) is 0 Å². The van der Waals surface area contributed by atoms with E-state index in [0.717, 1.165) is 6.04 Å². The van der Waals surface area contributed by atoms with Crippen molar-refractivity contribution in [3.8, 4) is 0 Å². The van der Waals surface area contributed by atoms with E-state index in [2.05, 4.69) is 31.9 Å². The first-order valence-electron chi connectivity index (χ1n) is 5.90. The van der Waals surface area contributed by atoms with Gasteiger partial charge in [-0.1, -0.05) is 40.2 Å². The Morgan fingerprint density at radius 1 is 1.23 bits per heavy atom. The van der Waals surface area contributed by atoms with Crippen molar-refractivity contribution in [2.75, 3.05) is 6.54 Å². The molecule has 0 radical (unpaired) electrons. The third-order valence-corrected chi connectivity index (χ3v) is 8.84. The second-order valence-electron chi connectivity index (χ2n) is 4.75. The summed E-state index contributed by atoms with van der Waals surface area (Å²) in [4.78, 5) is 0. The normalized spacial score (nSPS) is 23.8. The molecule has 1 aliphatic rings. The number of hydrogen-bond donors (Lipinski definition) is 0. The van der Waals surface area contributed by atoms with Gasteiger partial charge in [0.2, 0.25) is 0 Å². The summed E-state index contributed by atoms with van der Waals surface area (Å²) in [6.07, 6.45) is 4.31. The zero-order valence-electron chi connectivity index (χ0n) is 9.77. The second kappa shape index (κ2) is 4.60. The van der Waals surface area contributed by atoms with Gasteiger partial charge in [0.15, 0.2) is 0 Å². The van der Waals surface area contributed by atoms with E-state index in [9.17, 15) is 0 Å². The zero-order valence-corrected chi connectivity index (χ0v) is 10.8. The van der Waals surface area contributed by atoms with Crippen LogP contribution in [0.4, 0.5) is 0 Å². The fourth-order valence-corrected chi connectivity index (χ4v) is 7.73. The van der Waals surface area contributed by atoms with Crippen LogP contribution in [-0.4, -0.2) is 25.4 Å². The van der Waals surface area contributed by atoms with Gasteiger partial charge in [0.05, 0.1) is 0 Å². The van der Waals surface area contributed by atoms with Crippen molar-refractivity contribution >= 4 is 8.24 Å². The smallest absolute Gasteiger partial charge is 0.125 e. The molecule has 1 heterocycles.